The second-order valence-corrected chi connectivity index (χ2v) is 4.19. The minimum Gasteiger partial charge on any atom is -0.496 e. The number of hydrogen-bond acceptors (Lipinski definition) is 3. The van der Waals surface area contributed by atoms with Crippen LogP contribution in [-0.4, -0.2) is 18.7 Å². The molecule has 0 radical (unpaired) electrons. The summed E-state index contributed by atoms with van der Waals surface area (Å²) >= 11 is 5.94. The first-order valence-corrected chi connectivity index (χ1v) is 5.99. The molecule has 1 aromatic carbocycles. The Morgan fingerprint density at radius 1 is 1.39 bits per heavy atom. The lowest BCUT2D eigenvalue weighted by Gasteiger charge is -2.12. The van der Waals surface area contributed by atoms with Crippen molar-refractivity contribution >= 4 is 28.3 Å². The van der Waals surface area contributed by atoms with Crippen LogP contribution in [0.1, 0.15) is 12.5 Å². The largest absolute Gasteiger partial charge is 0.496 e. The summed E-state index contributed by atoms with van der Waals surface area (Å²) in [6.07, 6.45) is 1.61. The van der Waals surface area contributed by atoms with Crippen molar-refractivity contribution in [2.75, 3.05) is 13.7 Å². The molecule has 0 saturated carbocycles. The summed E-state index contributed by atoms with van der Waals surface area (Å²) in [5, 5.41) is 1.53. The molecule has 2 aromatic rings. The van der Waals surface area contributed by atoms with Gasteiger partial charge in [0, 0.05) is 17.6 Å². The highest BCUT2D eigenvalue weighted by Gasteiger charge is 2.10. The third-order valence-corrected chi connectivity index (χ3v) is 2.79. The van der Waals surface area contributed by atoms with E-state index in [0.717, 1.165) is 16.5 Å². The summed E-state index contributed by atoms with van der Waals surface area (Å²) in [5.74, 6) is 1.27. The Labute approximate surface area is 111 Å². The van der Waals surface area contributed by atoms with Gasteiger partial charge in [-0.1, -0.05) is 18.2 Å². The molecule has 4 heteroatoms. The number of ether oxygens (including phenoxy) is 2. The minimum absolute atomic E-state index is 0.563. The molecule has 0 fully saturated rings. The van der Waals surface area contributed by atoms with Crippen molar-refractivity contribution < 1.29 is 9.47 Å². The van der Waals surface area contributed by atoms with E-state index in [2.05, 4.69) is 11.6 Å². The van der Waals surface area contributed by atoms with Crippen LogP contribution < -0.4 is 4.74 Å². The lowest BCUT2D eigenvalue weighted by Crippen LogP contribution is -1.95. The number of aromatic nitrogens is 1. The van der Waals surface area contributed by atoms with Gasteiger partial charge in [-0.25, -0.2) is 0 Å². The quantitative estimate of drug-likeness (QED) is 0.784. The lowest BCUT2D eigenvalue weighted by molar-refractivity contribution is 0.296. The number of rotatable bonds is 4. The molecule has 1 heterocycles. The van der Waals surface area contributed by atoms with E-state index in [1.807, 2.05) is 25.1 Å². The number of hydrogen-bond donors (Lipinski definition) is 0. The average Bonchev–Trinajstić information content (AvgIpc) is 2.37. The fourth-order valence-electron chi connectivity index (χ4n) is 1.77. The zero-order valence-corrected chi connectivity index (χ0v) is 11.1. The number of benzene rings is 1. The third-order valence-electron chi connectivity index (χ3n) is 2.59. The van der Waals surface area contributed by atoms with E-state index in [4.69, 9.17) is 21.1 Å². The summed E-state index contributed by atoms with van der Waals surface area (Å²) < 4.78 is 10.8. The summed E-state index contributed by atoms with van der Waals surface area (Å²) in [6, 6.07) is 5.63. The van der Waals surface area contributed by atoms with Crippen LogP contribution in [0.15, 0.2) is 31.0 Å². The standard InChI is InChI=1S/C14H14ClNO2/c1-4-18-9(2)12-6-10-5-11(15)8-16-13(10)7-14(12)17-3/h5-8H,2,4H2,1,3H3. The Morgan fingerprint density at radius 2 is 2.17 bits per heavy atom. The van der Waals surface area contributed by atoms with Crippen molar-refractivity contribution in [3.63, 3.8) is 0 Å². The summed E-state index contributed by atoms with van der Waals surface area (Å²) in [5.41, 5.74) is 1.64. The van der Waals surface area contributed by atoms with Crippen molar-refractivity contribution in [2.45, 2.75) is 6.92 Å². The fraction of sp³-hybridized carbons (Fsp3) is 0.214. The molecular weight excluding hydrogens is 250 g/mol. The number of nitrogens with zero attached hydrogens (tertiary/aromatic N) is 1. The predicted octanol–water partition coefficient (Wildman–Crippen LogP) is 3.90. The molecule has 3 nitrogen and oxygen atoms in total. The summed E-state index contributed by atoms with van der Waals surface area (Å²) in [4.78, 5) is 4.25. The van der Waals surface area contributed by atoms with Crippen LogP contribution in [0.2, 0.25) is 5.02 Å². The molecule has 0 aliphatic carbocycles. The van der Waals surface area contributed by atoms with E-state index in [1.165, 1.54) is 0 Å². The summed E-state index contributed by atoms with van der Waals surface area (Å²) in [7, 11) is 1.61. The van der Waals surface area contributed by atoms with Crippen molar-refractivity contribution in [3.05, 3.63) is 41.6 Å². The van der Waals surface area contributed by atoms with Crippen LogP contribution in [-0.2, 0) is 4.74 Å². The predicted molar refractivity (Wildman–Crippen MR) is 74.0 cm³/mol. The fourth-order valence-corrected chi connectivity index (χ4v) is 1.94. The Bertz CT molecular complexity index is 596. The Kier molecular flexibility index (Phi) is 3.72. The van der Waals surface area contributed by atoms with Gasteiger partial charge in [0.1, 0.15) is 11.5 Å². The highest BCUT2D eigenvalue weighted by molar-refractivity contribution is 6.31. The lowest BCUT2D eigenvalue weighted by atomic mass is 10.1. The number of pyridine rings is 1. The Balaban J connectivity index is 2.60. The second kappa shape index (κ2) is 5.27. The van der Waals surface area contributed by atoms with Crippen molar-refractivity contribution in [1.29, 1.82) is 0 Å². The first-order valence-electron chi connectivity index (χ1n) is 5.61. The van der Waals surface area contributed by atoms with Gasteiger partial charge in [-0.05, 0) is 19.1 Å². The molecule has 0 unspecified atom stereocenters. The van der Waals surface area contributed by atoms with Crippen molar-refractivity contribution in [1.82, 2.24) is 4.98 Å². The third kappa shape index (κ3) is 2.41. The minimum atomic E-state index is 0.563. The molecule has 1 aromatic heterocycles. The zero-order chi connectivity index (χ0) is 13.1. The van der Waals surface area contributed by atoms with Crippen LogP contribution >= 0.6 is 11.6 Å². The van der Waals surface area contributed by atoms with Gasteiger partial charge in [0.2, 0.25) is 0 Å². The van der Waals surface area contributed by atoms with Gasteiger partial charge in [-0.2, -0.15) is 0 Å². The van der Waals surface area contributed by atoms with Gasteiger partial charge < -0.3 is 9.47 Å². The van der Waals surface area contributed by atoms with Crippen molar-refractivity contribution in [2.24, 2.45) is 0 Å². The molecule has 0 spiro atoms. The van der Waals surface area contributed by atoms with E-state index in [0.29, 0.717) is 23.1 Å². The van der Waals surface area contributed by atoms with Crippen LogP contribution in [0.3, 0.4) is 0 Å². The maximum Gasteiger partial charge on any atom is 0.131 e. The monoisotopic (exact) mass is 263 g/mol. The smallest absolute Gasteiger partial charge is 0.131 e. The number of fused-ring (bicyclic) bond motifs is 1. The first kappa shape index (κ1) is 12.7. The van der Waals surface area contributed by atoms with Crippen LogP contribution in [0.4, 0.5) is 0 Å². The highest BCUT2D eigenvalue weighted by Crippen LogP contribution is 2.31. The normalized spacial score (nSPS) is 10.4. The molecular formula is C14H14ClNO2. The van der Waals surface area contributed by atoms with E-state index < -0.39 is 0 Å². The number of halogens is 1. The van der Waals surface area contributed by atoms with Gasteiger partial charge >= 0.3 is 0 Å². The number of methoxy groups -OCH3 is 1. The molecule has 94 valence electrons. The average molecular weight is 264 g/mol. The molecule has 0 amide bonds. The van der Waals surface area contributed by atoms with Gasteiger partial charge in [-0.3, -0.25) is 4.98 Å². The van der Waals surface area contributed by atoms with Crippen LogP contribution in [0, 0.1) is 0 Å². The molecule has 0 aliphatic rings. The Hall–Kier alpha value is -1.74. The highest BCUT2D eigenvalue weighted by atomic mass is 35.5. The van der Waals surface area contributed by atoms with E-state index in [-0.39, 0.29) is 0 Å². The van der Waals surface area contributed by atoms with Crippen LogP contribution in [0.25, 0.3) is 16.7 Å². The zero-order valence-electron chi connectivity index (χ0n) is 10.4. The van der Waals surface area contributed by atoms with Crippen LogP contribution in [0.5, 0.6) is 5.75 Å². The second-order valence-electron chi connectivity index (χ2n) is 3.75. The maximum atomic E-state index is 5.94. The van der Waals surface area contributed by atoms with Gasteiger partial charge in [-0.15, -0.1) is 0 Å². The molecule has 0 aliphatic heterocycles. The molecule has 18 heavy (non-hydrogen) atoms. The maximum absolute atomic E-state index is 5.94. The molecule has 2 rings (SSSR count). The van der Waals surface area contributed by atoms with Gasteiger partial charge in [0.05, 0.1) is 29.8 Å². The molecule has 0 N–H and O–H groups in total. The Morgan fingerprint density at radius 3 is 2.83 bits per heavy atom. The first-order chi connectivity index (χ1) is 8.65. The van der Waals surface area contributed by atoms with E-state index >= 15 is 0 Å². The molecule has 0 atom stereocenters. The molecule has 0 bridgehead atoms. The van der Waals surface area contributed by atoms with Gasteiger partial charge in [0.25, 0.3) is 0 Å². The SMILES string of the molecule is C=C(OCC)c1cc2cc(Cl)cnc2cc1OC. The molecule has 0 saturated heterocycles. The summed E-state index contributed by atoms with van der Waals surface area (Å²) in [6.45, 7) is 6.37. The van der Waals surface area contributed by atoms with E-state index in [9.17, 15) is 0 Å². The van der Waals surface area contributed by atoms with Gasteiger partial charge in [0.15, 0.2) is 0 Å². The van der Waals surface area contributed by atoms with E-state index in [1.54, 1.807) is 13.3 Å². The van der Waals surface area contributed by atoms with Crippen molar-refractivity contribution in [3.8, 4) is 5.75 Å². The topological polar surface area (TPSA) is 31.4 Å².